The molecular formula is C24H21NO3S. The lowest BCUT2D eigenvalue weighted by atomic mass is 9.99. The lowest BCUT2D eigenvalue weighted by molar-refractivity contribution is 0.121. The number of rotatable bonds is 3. The summed E-state index contributed by atoms with van der Waals surface area (Å²) in [6, 6.07) is 18.0. The standard InChI is InChI=1S/C24H21NO3S/c1-16-8-13-29-24(16)18-5-2-4-17(14-18)19-6-3-7-20-21(26)15-22(28-23(19)20)25-9-11-27-12-10-25/h2-8,13-15H,9-12H2,1H3. The number of morpholine rings is 1. The zero-order chi connectivity index (χ0) is 19.8. The van der Waals surface area contributed by atoms with Gasteiger partial charge in [-0.15, -0.1) is 11.3 Å². The summed E-state index contributed by atoms with van der Waals surface area (Å²) in [6.07, 6.45) is 0. The van der Waals surface area contributed by atoms with E-state index in [1.165, 1.54) is 16.0 Å². The highest BCUT2D eigenvalue weighted by Gasteiger charge is 2.17. The summed E-state index contributed by atoms with van der Waals surface area (Å²) in [5.41, 5.74) is 5.06. The topological polar surface area (TPSA) is 42.7 Å². The predicted octanol–water partition coefficient (Wildman–Crippen LogP) is 5.33. The van der Waals surface area contributed by atoms with Crippen LogP contribution >= 0.6 is 11.3 Å². The SMILES string of the molecule is Cc1ccsc1-c1cccc(-c2cccc3c(=O)cc(N4CCOCC4)oc23)c1. The summed E-state index contributed by atoms with van der Waals surface area (Å²) < 4.78 is 11.7. The normalized spacial score (nSPS) is 14.4. The lowest BCUT2D eigenvalue weighted by Gasteiger charge is -2.27. The van der Waals surface area contributed by atoms with Gasteiger partial charge >= 0.3 is 0 Å². The van der Waals surface area contributed by atoms with E-state index >= 15 is 0 Å². The molecule has 0 radical (unpaired) electrons. The molecule has 1 saturated heterocycles. The van der Waals surface area contributed by atoms with E-state index in [4.69, 9.17) is 9.15 Å². The molecule has 0 aliphatic carbocycles. The Morgan fingerprint density at radius 1 is 0.966 bits per heavy atom. The van der Waals surface area contributed by atoms with Crippen molar-refractivity contribution in [1.82, 2.24) is 0 Å². The molecule has 5 rings (SSSR count). The number of hydrogen-bond donors (Lipinski definition) is 0. The van der Waals surface area contributed by atoms with Crippen molar-refractivity contribution in [3.63, 3.8) is 0 Å². The first-order chi connectivity index (χ1) is 14.2. The minimum absolute atomic E-state index is 0.0140. The molecule has 4 nitrogen and oxygen atoms in total. The molecule has 0 N–H and O–H groups in total. The molecule has 0 spiro atoms. The van der Waals surface area contributed by atoms with Crippen LogP contribution in [0, 0.1) is 6.92 Å². The van der Waals surface area contributed by atoms with E-state index in [-0.39, 0.29) is 5.43 Å². The first kappa shape index (κ1) is 18.2. The number of para-hydroxylation sites is 1. The first-order valence-corrected chi connectivity index (χ1v) is 10.6. The fourth-order valence-electron chi connectivity index (χ4n) is 3.83. The van der Waals surface area contributed by atoms with Crippen LogP contribution in [0.4, 0.5) is 5.88 Å². The number of ether oxygens (including phenoxy) is 1. The number of anilines is 1. The third-order valence-corrected chi connectivity index (χ3v) is 6.43. The number of benzene rings is 2. The summed E-state index contributed by atoms with van der Waals surface area (Å²) in [5.74, 6) is 0.614. The molecular weight excluding hydrogens is 382 g/mol. The van der Waals surface area contributed by atoms with Crippen LogP contribution in [0.15, 0.2) is 69.2 Å². The molecule has 1 fully saturated rings. The van der Waals surface area contributed by atoms with E-state index in [0.717, 1.165) is 24.2 Å². The second-order valence-electron chi connectivity index (χ2n) is 7.24. The Balaban J connectivity index is 1.66. The Kier molecular flexibility index (Phi) is 4.70. The molecule has 0 saturated carbocycles. The summed E-state index contributed by atoms with van der Waals surface area (Å²) in [7, 11) is 0. The highest BCUT2D eigenvalue weighted by Crippen LogP contribution is 2.35. The fourth-order valence-corrected chi connectivity index (χ4v) is 4.75. The van der Waals surface area contributed by atoms with Crippen LogP contribution in [0.3, 0.4) is 0 Å². The van der Waals surface area contributed by atoms with E-state index < -0.39 is 0 Å². The minimum atomic E-state index is -0.0140. The van der Waals surface area contributed by atoms with Crippen molar-refractivity contribution in [1.29, 1.82) is 0 Å². The maximum absolute atomic E-state index is 12.8. The molecule has 29 heavy (non-hydrogen) atoms. The van der Waals surface area contributed by atoms with Crippen LogP contribution < -0.4 is 10.3 Å². The monoisotopic (exact) mass is 403 g/mol. The summed E-state index contributed by atoms with van der Waals surface area (Å²) in [4.78, 5) is 16.2. The number of aryl methyl sites for hydroxylation is 1. The Hall–Kier alpha value is -2.89. The number of nitrogens with zero attached hydrogens (tertiary/aromatic N) is 1. The third kappa shape index (κ3) is 3.37. The van der Waals surface area contributed by atoms with E-state index in [2.05, 4.69) is 47.5 Å². The summed E-state index contributed by atoms with van der Waals surface area (Å²) >= 11 is 1.74. The summed E-state index contributed by atoms with van der Waals surface area (Å²) in [6.45, 7) is 4.87. The largest absolute Gasteiger partial charge is 0.440 e. The van der Waals surface area contributed by atoms with Gasteiger partial charge in [0.15, 0.2) is 11.3 Å². The van der Waals surface area contributed by atoms with Crippen molar-refractivity contribution in [3.8, 4) is 21.6 Å². The molecule has 2 aromatic heterocycles. The Labute approximate surface area is 173 Å². The van der Waals surface area contributed by atoms with Crippen molar-refractivity contribution in [2.75, 3.05) is 31.2 Å². The van der Waals surface area contributed by atoms with Crippen molar-refractivity contribution < 1.29 is 9.15 Å². The number of fused-ring (bicyclic) bond motifs is 1. The fraction of sp³-hybridized carbons (Fsp3) is 0.208. The molecule has 0 bridgehead atoms. The maximum atomic E-state index is 12.8. The highest BCUT2D eigenvalue weighted by atomic mass is 32.1. The van der Waals surface area contributed by atoms with E-state index in [1.54, 1.807) is 17.4 Å². The number of hydrogen-bond acceptors (Lipinski definition) is 5. The van der Waals surface area contributed by atoms with Gasteiger partial charge in [0.1, 0.15) is 5.58 Å². The molecule has 0 amide bonds. The van der Waals surface area contributed by atoms with Gasteiger partial charge in [0.2, 0.25) is 0 Å². The first-order valence-electron chi connectivity index (χ1n) is 9.75. The Morgan fingerprint density at radius 2 is 1.76 bits per heavy atom. The predicted molar refractivity (Wildman–Crippen MR) is 119 cm³/mol. The minimum Gasteiger partial charge on any atom is -0.440 e. The third-order valence-electron chi connectivity index (χ3n) is 5.36. The van der Waals surface area contributed by atoms with Crippen molar-refractivity contribution >= 4 is 28.2 Å². The zero-order valence-corrected chi connectivity index (χ0v) is 17.0. The molecule has 1 aliphatic heterocycles. The molecule has 5 heteroatoms. The molecule has 2 aromatic carbocycles. The van der Waals surface area contributed by atoms with Gasteiger partial charge in [0, 0.05) is 29.6 Å². The van der Waals surface area contributed by atoms with Gasteiger partial charge in [0.25, 0.3) is 0 Å². The van der Waals surface area contributed by atoms with E-state index in [9.17, 15) is 4.79 Å². The quantitative estimate of drug-likeness (QED) is 0.463. The average molecular weight is 404 g/mol. The van der Waals surface area contributed by atoms with Gasteiger partial charge in [0.05, 0.1) is 18.6 Å². The van der Waals surface area contributed by atoms with Crippen LogP contribution in [0.25, 0.3) is 32.5 Å². The molecule has 3 heterocycles. The smallest absolute Gasteiger partial charge is 0.200 e. The Bertz CT molecular complexity index is 1230. The highest BCUT2D eigenvalue weighted by molar-refractivity contribution is 7.13. The molecule has 146 valence electrons. The van der Waals surface area contributed by atoms with Crippen LogP contribution in [0.5, 0.6) is 0 Å². The van der Waals surface area contributed by atoms with E-state index in [0.29, 0.717) is 30.1 Å². The second-order valence-corrected chi connectivity index (χ2v) is 8.16. The molecule has 4 aromatic rings. The molecule has 0 unspecified atom stereocenters. The second kappa shape index (κ2) is 7.50. The van der Waals surface area contributed by atoms with Crippen LogP contribution in [-0.2, 0) is 4.74 Å². The molecule has 1 aliphatic rings. The van der Waals surface area contributed by atoms with Gasteiger partial charge in [-0.05, 0) is 47.2 Å². The van der Waals surface area contributed by atoms with E-state index in [1.807, 2.05) is 18.2 Å². The zero-order valence-electron chi connectivity index (χ0n) is 16.2. The summed E-state index contributed by atoms with van der Waals surface area (Å²) in [5, 5.41) is 2.72. The average Bonchev–Trinajstić information content (AvgIpc) is 3.20. The van der Waals surface area contributed by atoms with Gasteiger partial charge in [-0.1, -0.05) is 30.3 Å². The lowest BCUT2D eigenvalue weighted by Crippen LogP contribution is -2.36. The van der Waals surface area contributed by atoms with Gasteiger partial charge in [-0.2, -0.15) is 0 Å². The van der Waals surface area contributed by atoms with Gasteiger partial charge < -0.3 is 14.1 Å². The maximum Gasteiger partial charge on any atom is 0.200 e. The van der Waals surface area contributed by atoms with Crippen LogP contribution in [-0.4, -0.2) is 26.3 Å². The Morgan fingerprint density at radius 3 is 2.55 bits per heavy atom. The van der Waals surface area contributed by atoms with Crippen molar-refractivity contribution in [2.45, 2.75) is 6.92 Å². The molecule has 0 atom stereocenters. The number of thiophene rings is 1. The van der Waals surface area contributed by atoms with Crippen LogP contribution in [0.2, 0.25) is 0 Å². The van der Waals surface area contributed by atoms with Crippen molar-refractivity contribution in [3.05, 3.63) is 75.8 Å². The van der Waals surface area contributed by atoms with Gasteiger partial charge in [-0.3, -0.25) is 4.79 Å². The van der Waals surface area contributed by atoms with Crippen LogP contribution in [0.1, 0.15) is 5.56 Å². The van der Waals surface area contributed by atoms with Gasteiger partial charge in [-0.25, -0.2) is 0 Å². The van der Waals surface area contributed by atoms with Crippen molar-refractivity contribution in [2.24, 2.45) is 0 Å².